The fraction of sp³-hybridized carbons (Fsp3) is 0.643. The van der Waals surface area contributed by atoms with E-state index in [9.17, 15) is 13.2 Å². The van der Waals surface area contributed by atoms with E-state index in [2.05, 4.69) is 31.1 Å². The van der Waals surface area contributed by atoms with E-state index in [1.807, 2.05) is 6.07 Å². The lowest BCUT2D eigenvalue weighted by Gasteiger charge is -2.20. The van der Waals surface area contributed by atoms with Gasteiger partial charge in [0.05, 0.1) is 12.3 Å². The van der Waals surface area contributed by atoms with Crippen molar-refractivity contribution in [3.8, 4) is 0 Å². The summed E-state index contributed by atoms with van der Waals surface area (Å²) in [5, 5.41) is 3.31. The lowest BCUT2D eigenvalue weighted by atomic mass is 10.1. The number of alkyl halides is 3. The summed E-state index contributed by atoms with van der Waals surface area (Å²) in [6.07, 6.45) is -4.47. The average Bonchev–Trinajstić information content (AvgIpc) is 2.32. The molecule has 0 aliphatic heterocycles. The molecule has 0 spiro atoms. The summed E-state index contributed by atoms with van der Waals surface area (Å²) in [4.78, 5) is 4.10. The molecule has 0 saturated heterocycles. The molecule has 0 fully saturated rings. The standard InChI is InChI=1S/C14H21F3N2O/c1-10(14(15,16)17)20-9-12-6-5-11(7-18-12)8-19-13(2,3)4/h5-7,10,19H,8-9H2,1-4H3. The summed E-state index contributed by atoms with van der Waals surface area (Å²) in [6.45, 7) is 7.68. The van der Waals surface area contributed by atoms with Gasteiger partial charge in [-0.05, 0) is 39.3 Å². The van der Waals surface area contributed by atoms with Crippen LogP contribution in [0.2, 0.25) is 0 Å². The second-order valence-electron chi connectivity index (χ2n) is 5.76. The Morgan fingerprint density at radius 3 is 2.35 bits per heavy atom. The Morgan fingerprint density at radius 2 is 1.90 bits per heavy atom. The fourth-order valence-corrected chi connectivity index (χ4v) is 1.32. The Balaban J connectivity index is 2.47. The fourth-order valence-electron chi connectivity index (χ4n) is 1.32. The molecule has 0 radical (unpaired) electrons. The highest BCUT2D eigenvalue weighted by atomic mass is 19.4. The molecule has 1 atom stereocenters. The highest BCUT2D eigenvalue weighted by molar-refractivity contribution is 5.13. The van der Waals surface area contributed by atoms with Crippen LogP contribution >= 0.6 is 0 Å². The molecular weight excluding hydrogens is 269 g/mol. The maximum atomic E-state index is 12.3. The first-order chi connectivity index (χ1) is 9.08. The van der Waals surface area contributed by atoms with Crippen molar-refractivity contribution in [3.05, 3.63) is 29.6 Å². The summed E-state index contributed by atoms with van der Waals surface area (Å²) < 4.78 is 41.6. The maximum absolute atomic E-state index is 12.3. The van der Waals surface area contributed by atoms with E-state index in [1.165, 1.54) is 0 Å². The third-order valence-electron chi connectivity index (χ3n) is 2.65. The van der Waals surface area contributed by atoms with Gasteiger partial charge < -0.3 is 10.1 Å². The van der Waals surface area contributed by atoms with Gasteiger partial charge in [-0.1, -0.05) is 6.07 Å². The Bertz CT molecular complexity index is 410. The zero-order valence-electron chi connectivity index (χ0n) is 12.2. The van der Waals surface area contributed by atoms with Crippen molar-refractivity contribution in [2.45, 2.75) is 58.7 Å². The molecule has 1 heterocycles. The largest absolute Gasteiger partial charge is 0.414 e. The van der Waals surface area contributed by atoms with Gasteiger partial charge in [-0.25, -0.2) is 0 Å². The van der Waals surface area contributed by atoms with Gasteiger partial charge in [0.2, 0.25) is 0 Å². The smallest absolute Gasteiger partial charge is 0.363 e. The van der Waals surface area contributed by atoms with Crippen LogP contribution in [0.3, 0.4) is 0 Å². The molecule has 0 aromatic carbocycles. The van der Waals surface area contributed by atoms with Crippen LogP contribution in [0.1, 0.15) is 39.0 Å². The second kappa shape index (κ2) is 6.54. The van der Waals surface area contributed by atoms with Gasteiger partial charge in [-0.2, -0.15) is 13.2 Å². The second-order valence-corrected chi connectivity index (χ2v) is 5.76. The van der Waals surface area contributed by atoms with Gasteiger partial charge in [0.15, 0.2) is 6.10 Å². The molecule has 0 aliphatic rings. The van der Waals surface area contributed by atoms with E-state index in [4.69, 9.17) is 4.74 Å². The van der Waals surface area contributed by atoms with Crippen LogP contribution in [0, 0.1) is 0 Å². The van der Waals surface area contributed by atoms with Crippen molar-refractivity contribution >= 4 is 0 Å². The topological polar surface area (TPSA) is 34.1 Å². The van der Waals surface area contributed by atoms with E-state index in [0.29, 0.717) is 12.2 Å². The van der Waals surface area contributed by atoms with Crippen LogP contribution in [-0.2, 0) is 17.9 Å². The lowest BCUT2D eigenvalue weighted by Crippen LogP contribution is -2.35. The van der Waals surface area contributed by atoms with Crippen molar-refractivity contribution in [1.82, 2.24) is 10.3 Å². The molecule has 1 N–H and O–H groups in total. The number of hydrogen-bond donors (Lipinski definition) is 1. The highest BCUT2D eigenvalue weighted by Gasteiger charge is 2.36. The molecule has 20 heavy (non-hydrogen) atoms. The number of rotatable bonds is 5. The monoisotopic (exact) mass is 290 g/mol. The normalized spacial score (nSPS) is 14.3. The van der Waals surface area contributed by atoms with Crippen molar-refractivity contribution in [2.75, 3.05) is 0 Å². The van der Waals surface area contributed by atoms with Crippen LogP contribution < -0.4 is 5.32 Å². The van der Waals surface area contributed by atoms with E-state index in [-0.39, 0.29) is 12.1 Å². The zero-order valence-corrected chi connectivity index (χ0v) is 12.2. The van der Waals surface area contributed by atoms with Gasteiger partial charge in [-0.3, -0.25) is 4.98 Å². The summed E-state index contributed by atoms with van der Waals surface area (Å²) in [5.41, 5.74) is 1.47. The van der Waals surface area contributed by atoms with Crippen LogP contribution in [-0.4, -0.2) is 22.8 Å². The zero-order chi connectivity index (χ0) is 15.4. The molecule has 0 bridgehead atoms. The predicted molar refractivity (Wildman–Crippen MR) is 71.1 cm³/mol. The SMILES string of the molecule is CC(OCc1ccc(CNC(C)(C)C)cn1)C(F)(F)F. The molecule has 0 amide bonds. The minimum atomic E-state index is -4.34. The van der Waals surface area contributed by atoms with Gasteiger partial charge in [0.25, 0.3) is 0 Å². The molecule has 114 valence electrons. The molecule has 1 aromatic heterocycles. The maximum Gasteiger partial charge on any atom is 0.414 e. The number of aromatic nitrogens is 1. The Kier molecular flexibility index (Phi) is 5.53. The van der Waals surface area contributed by atoms with Gasteiger partial charge >= 0.3 is 6.18 Å². The van der Waals surface area contributed by atoms with Crippen molar-refractivity contribution in [3.63, 3.8) is 0 Å². The first-order valence-corrected chi connectivity index (χ1v) is 6.45. The first kappa shape index (κ1) is 16.9. The molecule has 0 saturated carbocycles. The van der Waals surface area contributed by atoms with Crippen LogP contribution in [0.4, 0.5) is 13.2 Å². The van der Waals surface area contributed by atoms with E-state index in [1.54, 1.807) is 12.3 Å². The van der Waals surface area contributed by atoms with Crippen molar-refractivity contribution in [2.24, 2.45) is 0 Å². The quantitative estimate of drug-likeness (QED) is 0.902. The molecule has 0 aliphatic carbocycles. The van der Waals surface area contributed by atoms with E-state index >= 15 is 0 Å². The van der Waals surface area contributed by atoms with Gasteiger partial charge in [-0.15, -0.1) is 0 Å². The third-order valence-corrected chi connectivity index (χ3v) is 2.65. The molecule has 1 unspecified atom stereocenters. The molecule has 3 nitrogen and oxygen atoms in total. The Labute approximate surface area is 117 Å². The minimum absolute atomic E-state index is 0.00389. The summed E-state index contributed by atoms with van der Waals surface area (Å²) >= 11 is 0. The predicted octanol–water partition coefficient (Wildman–Crippen LogP) is 3.44. The van der Waals surface area contributed by atoms with Crippen molar-refractivity contribution < 1.29 is 17.9 Å². The number of nitrogens with one attached hydrogen (secondary N) is 1. The average molecular weight is 290 g/mol. The first-order valence-electron chi connectivity index (χ1n) is 6.45. The van der Waals surface area contributed by atoms with Gasteiger partial charge in [0.1, 0.15) is 0 Å². The highest BCUT2D eigenvalue weighted by Crippen LogP contribution is 2.23. The summed E-state index contributed by atoms with van der Waals surface area (Å²) in [6, 6.07) is 3.52. The van der Waals surface area contributed by atoms with Gasteiger partial charge in [0, 0.05) is 18.3 Å². The molecular formula is C14H21F3N2O. The molecule has 1 rings (SSSR count). The lowest BCUT2D eigenvalue weighted by molar-refractivity contribution is -0.217. The number of hydrogen-bond acceptors (Lipinski definition) is 3. The summed E-state index contributed by atoms with van der Waals surface area (Å²) in [7, 11) is 0. The summed E-state index contributed by atoms with van der Waals surface area (Å²) in [5.74, 6) is 0. The van der Waals surface area contributed by atoms with Crippen LogP contribution in [0.25, 0.3) is 0 Å². The van der Waals surface area contributed by atoms with Crippen molar-refractivity contribution in [1.29, 1.82) is 0 Å². The Hall–Kier alpha value is -1.14. The number of ether oxygens (including phenoxy) is 1. The Morgan fingerprint density at radius 1 is 1.25 bits per heavy atom. The van der Waals surface area contributed by atoms with E-state index in [0.717, 1.165) is 12.5 Å². The van der Waals surface area contributed by atoms with Crippen LogP contribution in [0.5, 0.6) is 0 Å². The molecule has 1 aromatic rings. The molecule has 6 heteroatoms. The third kappa shape index (κ3) is 6.34. The van der Waals surface area contributed by atoms with Crippen LogP contribution in [0.15, 0.2) is 18.3 Å². The number of halogens is 3. The minimum Gasteiger partial charge on any atom is -0.363 e. The number of pyridine rings is 1. The van der Waals surface area contributed by atoms with E-state index < -0.39 is 12.3 Å². The number of nitrogens with zero attached hydrogens (tertiary/aromatic N) is 1.